The molecule has 0 aromatic carbocycles. The molecule has 4 atom stereocenters. The smallest absolute Gasteiger partial charge is 0.315 e. The molecule has 2 saturated heterocycles. The van der Waals surface area contributed by atoms with Crippen LogP contribution in [0.25, 0.3) is 0 Å². The van der Waals surface area contributed by atoms with Gasteiger partial charge in [0.1, 0.15) is 0 Å². The monoisotopic (exact) mass is 285 g/mol. The fourth-order valence-corrected chi connectivity index (χ4v) is 5.09. The van der Waals surface area contributed by atoms with E-state index in [0.29, 0.717) is 23.3 Å². The SMILES string of the molecule is CC(C)CC(C)NC(C)(C)C1SCC2NC(=O)NC21. The average Bonchev–Trinajstić information content (AvgIpc) is 2.72. The van der Waals surface area contributed by atoms with Crippen LogP contribution in [0.2, 0.25) is 0 Å². The van der Waals surface area contributed by atoms with E-state index < -0.39 is 0 Å². The minimum absolute atomic E-state index is 0.00803. The number of rotatable bonds is 5. The maximum atomic E-state index is 11.4. The van der Waals surface area contributed by atoms with E-state index in [9.17, 15) is 4.79 Å². The van der Waals surface area contributed by atoms with Crippen molar-refractivity contribution in [1.29, 1.82) is 0 Å². The topological polar surface area (TPSA) is 53.2 Å². The predicted octanol–water partition coefficient (Wildman–Crippen LogP) is 1.95. The van der Waals surface area contributed by atoms with E-state index >= 15 is 0 Å². The Hall–Kier alpha value is -0.420. The Morgan fingerprint density at radius 3 is 2.68 bits per heavy atom. The van der Waals surface area contributed by atoms with Gasteiger partial charge in [-0.05, 0) is 33.1 Å². The second-order valence-corrected chi connectivity index (χ2v) is 8.08. The first kappa shape index (κ1) is 15.0. The van der Waals surface area contributed by atoms with Crippen molar-refractivity contribution in [2.45, 2.75) is 70.0 Å². The Bertz CT molecular complexity index is 346. The van der Waals surface area contributed by atoms with Crippen molar-refractivity contribution < 1.29 is 4.79 Å². The molecular weight excluding hydrogens is 258 g/mol. The third-order valence-electron chi connectivity index (χ3n) is 3.98. The number of urea groups is 1. The van der Waals surface area contributed by atoms with Crippen molar-refractivity contribution in [3.63, 3.8) is 0 Å². The molecule has 2 amide bonds. The average molecular weight is 285 g/mol. The zero-order valence-electron chi connectivity index (χ0n) is 12.6. The van der Waals surface area contributed by atoms with Gasteiger partial charge in [0.2, 0.25) is 0 Å². The standard InChI is InChI=1S/C14H27N3OS/c1-8(2)6-9(3)17-14(4,5)12-11-10(7-19-12)15-13(18)16-11/h8-12,17H,6-7H2,1-5H3,(H2,15,16,18). The van der Waals surface area contributed by atoms with Crippen molar-refractivity contribution >= 4 is 17.8 Å². The predicted molar refractivity (Wildman–Crippen MR) is 81.6 cm³/mol. The van der Waals surface area contributed by atoms with Crippen molar-refractivity contribution in [2.24, 2.45) is 5.92 Å². The fourth-order valence-electron chi connectivity index (χ4n) is 3.44. The molecule has 2 aliphatic heterocycles. The van der Waals surface area contributed by atoms with Crippen LogP contribution in [0.4, 0.5) is 4.79 Å². The first-order valence-corrected chi connectivity index (χ1v) is 8.31. The van der Waals surface area contributed by atoms with E-state index in [1.807, 2.05) is 11.8 Å². The number of hydrogen-bond donors (Lipinski definition) is 3. The summed E-state index contributed by atoms with van der Waals surface area (Å²) in [5.74, 6) is 1.72. The highest BCUT2D eigenvalue weighted by Crippen LogP contribution is 2.37. The molecule has 4 nitrogen and oxygen atoms in total. The van der Waals surface area contributed by atoms with Gasteiger partial charge in [-0.2, -0.15) is 11.8 Å². The highest BCUT2D eigenvalue weighted by molar-refractivity contribution is 8.00. The first-order chi connectivity index (χ1) is 8.79. The van der Waals surface area contributed by atoms with Crippen molar-refractivity contribution in [1.82, 2.24) is 16.0 Å². The number of carbonyl (C=O) groups excluding carboxylic acids is 1. The number of nitrogens with one attached hydrogen (secondary N) is 3. The summed E-state index contributed by atoms with van der Waals surface area (Å²) in [6.45, 7) is 11.3. The molecule has 2 fully saturated rings. The first-order valence-electron chi connectivity index (χ1n) is 7.26. The van der Waals surface area contributed by atoms with Crippen LogP contribution in [0.5, 0.6) is 0 Å². The molecule has 2 aliphatic rings. The summed E-state index contributed by atoms with van der Waals surface area (Å²) in [5, 5.41) is 10.3. The Balaban J connectivity index is 1.97. The van der Waals surface area contributed by atoms with E-state index in [4.69, 9.17) is 0 Å². The Kier molecular flexibility index (Phi) is 4.35. The highest BCUT2D eigenvalue weighted by atomic mass is 32.2. The lowest BCUT2D eigenvalue weighted by Gasteiger charge is -2.38. The molecule has 5 heteroatoms. The van der Waals surface area contributed by atoms with Gasteiger partial charge in [-0.25, -0.2) is 4.79 Å². The van der Waals surface area contributed by atoms with Crippen LogP contribution in [0.15, 0.2) is 0 Å². The van der Waals surface area contributed by atoms with Crippen molar-refractivity contribution in [3.05, 3.63) is 0 Å². The van der Waals surface area contributed by atoms with Gasteiger partial charge >= 0.3 is 6.03 Å². The molecule has 0 radical (unpaired) electrons. The number of thioether (sulfide) groups is 1. The van der Waals surface area contributed by atoms with Crippen LogP contribution >= 0.6 is 11.8 Å². The van der Waals surface area contributed by atoms with Crippen molar-refractivity contribution in [3.8, 4) is 0 Å². The van der Waals surface area contributed by atoms with Gasteiger partial charge < -0.3 is 16.0 Å². The van der Waals surface area contributed by atoms with Gasteiger partial charge in [-0.1, -0.05) is 13.8 Å². The van der Waals surface area contributed by atoms with E-state index in [2.05, 4.69) is 50.6 Å². The number of fused-ring (bicyclic) bond motifs is 1. The third-order valence-corrected chi connectivity index (χ3v) is 5.78. The summed E-state index contributed by atoms with van der Waals surface area (Å²) in [6.07, 6.45) is 1.18. The summed E-state index contributed by atoms with van der Waals surface area (Å²) in [4.78, 5) is 11.4. The zero-order chi connectivity index (χ0) is 14.2. The van der Waals surface area contributed by atoms with Crippen LogP contribution in [-0.2, 0) is 0 Å². The molecule has 19 heavy (non-hydrogen) atoms. The maximum absolute atomic E-state index is 11.4. The molecule has 110 valence electrons. The largest absolute Gasteiger partial charge is 0.332 e. The minimum atomic E-state index is -0.00803. The summed E-state index contributed by atoms with van der Waals surface area (Å²) in [7, 11) is 0. The normalized spacial score (nSPS) is 32.1. The van der Waals surface area contributed by atoms with Gasteiger partial charge in [-0.3, -0.25) is 0 Å². The van der Waals surface area contributed by atoms with Crippen molar-refractivity contribution in [2.75, 3.05) is 5.75 Å². The second-order valence-electron chi connectivity index (χ2n) is 6.90. The maximum Gasteiger partial charge on any atom is 0.315 e. The minimum Gasteiger partial charge on any atom is -0.332 e. The summed E-state index contributed by atoms with van der Waals surface area (Å²) >= 11 is 1.96. The van der Waals surface area contributed by atoms with Gasteiger partial charge in [0.05, 0.1) is 12.1 Å². The molecule has 2 rings (SSSR count). The van der Waals surface area contributed by atoms with E-state index in [0.717, 1.165) is 5.75 Å². The third kappa shape index (κ3) is 3.37. The van der Waals surface area contributed by atoms with Crippen LogP contribution in [0.1, 0.15) is 41.0 Å². The molecule has 0 saturated carbocycles. The Labute approximate surface area is 120 Å². The van der Waals surface area contributed by atoms with Crippen LogP contribution in [0, 0.1) is 5.92 Å². The number of carbonyl (C=O) groups is 1. The van der Waals surface area contributed by atoms with Gasteiger partial charge in [0.15, 0.2) is 0 Å². The quantitative estimate of drug-likeness (QED) is 0.677. The van der Waals surface area contributed by atoms with Gasteiger partial charge in [0.25, 0.3) is 0 Å². The molecule has 0 aromatic rings. The molecule has 0 spiro atoms. The van der Waals surface area contributed by atoms with Crippen LogP contribution < -0.4 is 16.0 Å². The molecule has 4 unspecified atom stereocenters. The Morgan fingerprint density at radius 1 is 1.37 bits per heavy atom. The molecule has 2 heterocycles. The summed E-state index contributed by atoms with van der Waals surface area (Å²) in [5.41, 5.74) is 0.0255. The lowest BCUT2D eigenvalue weighted by atomic mass is 9.90. The molecule has 0 aromatic heterocycles. The van der Waals surface area contributed by atoms with E-state index in [1.165, 1.54) is 6.42 Å². The lowest BCUT2D eigenvalue weighted by Crippen LogP contribution is -2.57. The van der Waals surface area contributed by atoms with E-state index in [1.54, 1.807) is 0 Å². The molecule has 0 aliphatic carbocycles. The second kappa shape index (κ2) is 5.52. The number of hydrogen-bond acceptors (Lipinski definition) is 3. The lowest BCUT2D eigenvalue weighted by molar-refractivity contribution is 0.245. The molecule has 0 bridgehead atoms. The number of amides is 2. The summed E-state index contributed by atoms with van der Waals surface area (Å²) < 4.78 is 0. The highest BCUT2D eigenvalue weighted by Gasteiger charge is 2.49. The van der Waals surface area contributed by atoms with Crippen LogP contribution in [0.3, 0.4) is 0 Å². The van der Waals surface area contributed by atoms with Gasteiger partial charge in [-0.15, -0.1) is 0 Å². The van der Waals surface area contributed by atoms with E-state index in [-0.39, 0.29) is 17.6 Å². The fraction of sp³-hybridized carbons (Fsp3) is 0.929. The zero-order valence-corrected chi connectivity index (χ0v) is 13.4. The van der Waals surface area contributed by atoms with Gasteiger partial charge in [0, 0.05) is 22.6 Å². The summed E-state index contributed by atoms with van der Waals surface area (Å²) in [6, 6.07) is 1.04. The van der Waals surface area contributed by atoms with Crippen LogP contribution in [-0.4, -0.2) is 40.7 Å². The molecular formula is C14H27N3OS. The molecule has 3 N–H and O–H groups in total. The Morgan fingerprint density at radius 2 is 2.05 bits per heavy atom.